The van der Waals surface area contributed by atoms with E-state index in [1.54, 1.807) is 18.2 Å². The number of hydrogen-bond donors (Lipinski definition) is 0. The van der Waals surface area contributed by atoms with E-state index in [1.165, 1.54) is 26.4 Å². The predicted octanol–water partition coefficient (Wildman–Crippen LogP) is 7.11. The molecule has 0 fully saturated rings. The summed E-state index contributed by atoms with van der Waals surface area (Å²) in [4.78, 5) is 43.2. The second-order valence-electron chi connectivity index (χ2n) is 9.70. The molecule has 0 aliphatic carbocycles. The molecule has 0 atom stereocenters. The summed E-state index contributed by atoms with van der Waals surface area (Å²) < 4.78 is 20.5. The lowest BCUT2D eigenvalue weighted by Gasteiger charge is -2.26. The van der Waals surface area contributed by atoms with Crippen molar-refractivity contribution in [1.82, 2.24) is 0 Å². The fraction of sp³-hybridized carbons (Fsp3) is 0.176. The largest absolute Gasteiger partial charge is 0.471 e. The molecule has 8 heteroatoms. The van der Waals surface area contributed by atoms with Gasteiger partial charge < -0.3 is 18.9 Å². The average Bonchev–Trinajstić information content (AvgIpc) is 3.01. The highest BCUT2D eigenvalue weighted by molar-refractivity contribution is 5.98. The zero-order chi connectivity index (χ0) is 30.7. The van der Waals surface area contributed by atoms with Gasteiger partial charge >= 0.3 is 5.97 Å². The fourth-order valence-electron chi connectivity index (χ4n) is 4.15. The first kappa shape index (κ1) is 31.3. The smallest absolute Gasteiger partial charge is 0.338 e. The van der Waals surface area contributed by atoms with E-state index >= 15 is 0 Å². The minimum absolute atomic E-state index is 0.151. The van der Waals surface area contributed by atoms with Gasteiger partial charge in [0.25, 0.3) is 6.47 Å². The topological polar surface area (TPSA) is 105 Å². The van der Waals surface area contributed by atoms with Crippen LogP contribution < -0.4 is 9.47 Å². The number of aldehydes is 2. The molecule has 0 bridgehead atoms. The molecule has 0 amide bonds. The minimum atomic E-state index is -0.600. The molecule has 42 heavy (non-hydrogen) atoms. The summed E-state index contributed by atoms with van der Waals surface area (Å²) in [5.41, 5.74) is 3.81. The highest BCUT2D eigenvalue weighted by Gasteiger charge is 2.23. The molecule has 0 saturated carbocycles. The maximum Gasteiger partial charge on any atom is 0.338 e. The van der Waals surface area contributed by atoms with Crippen LogP contribution in [-0.4, -0.2) is 39.2 Å². The molecule has 0 heterocycles. The van der Waals surface area contributed by atoms with Gasteiger partial charge in [-0.15, -0.1) is 0 Å². The summed E-state index contributed by atoms with van der Waals surface area (Å²) >= 11 is 0. The number of rotatable bonds is 10. The normalized spacial score (nSPS) is 10.4. The van der Waals surface area contributed by atoms with Gasteiger partial charge in [-0.1, -0.05) is 38.1 Å². The van der Waals surface area contributed by atoms with E-state index in [9.17, 15) is 14.4 Å². The van der Waals surface area contributed by atoms with Gasteiger partial charge in [-0.25, -0.2) is 4.79 Å². The number of aryl methyl sites for hydroxylation is 1. The number of carbonyl (C=O) groups excluding carboxylic acids is 4. The maximum absolute atomic E-state index is 12.0. The van der Waals surface area contributed by atoms with Crippen LogP contribution in [0.15, 0.2) is 84.9 Å². The predicted molar refractivity (Wildman–Crippen MR) is 158 cm³/mol. The van der Waals surface area contributed by atoms with Gasteiger partial charge in [0, 0.05) is 16.5 Å². The monoisotopic (exact) mass is 568 g/mol. The molecule has 8 nitrogen and oxygen atoms in total. The molecular weight excluding hydrogens is 536 g/mol. The molecule has 4 aromatic rings. The Morgan fingerprint density at radius 1 is 0.643 bits per heavy atom. The van der Waals surface area contributed by atoms with Crippen LogP contribution in [0.3, 0.4) is 0 Å². The number of esters is 1. The lowest BCUT2D eigenvalue weighted by molar-refractivity contribution is -0.126. The number of hydrogen-bond acceptors (Lipinski definition) is 8. The number of carbonyl (C=O) groups is 4. The van der Waals surface area contributed by atoms with Gasteiger partial charge in [0.15, 0.2) is 6.29 Å². The molecule has 0 aliphatic rings. The molecule has 0 unspecified atom stereocenters. The van der Waals surface area contributed by atoms with E-state index in [1.807, 2.05) is 61.5 Å². The van der Waals surface area contributed by atoms with Crippen molar-refractivity contribution in [2.24, 2.45) is 0 Å². The molecule has 0 aromatic heterocycles. The van der Waals surface area contributed by atoms with Crippen molar-refractivity contribution in [2.45, 2.75) is 26.2 Å². The summed E-state index contributed by atoms with van der Waals surface area (Å²) in [5, 5.41) is 0. The molecule has 0 saturated heterocycles. The van der Waals surface area contributed by atoms with E-state index in [2.05, 4.69) is 18.6 Å². The summed E-state index contributed by atoms with van der Waals surface area (Å²) in [6, 6.07) is 25.7. The highest BCUT2D eigenvalue weighted by atomic mass is 16.5. The van der Waals surface area contributed by atoms with E-state index in [4.69, 9.17) is 19.0 Å². The summed E-state index contributed by atoms with van der Waals surface area (Å²) in [6.07, 6.45) is 1.44. The summed E-state index contributed by atoms with van der Waals surface area (Å²) in [5.74, 6) is 1.80. The lowest BCUT2D eigenvalue weighted by Crippen LogP contribution is -2.18. The van der Waals surface area contributed by atoms with Crippen molar-refractivity contribution in [3.8, 4) is 23.0 Å². The second-order valence-corrected chi connectivity index (χ2v) is 9.70. The van der Waals surface area contributed by atoms with E-state index in [0.29, 0.717) is 41.3 Å². The van der Waals surface area contributed by atoms with Crippen LogP contribution in [0.2, 0.25) is 0 Å². The first-order valence-corrected chi connectivity index (χ1v) is 12.9. The standard InChI is InChI=1S/C32H28O6.C2H4O2/c1-21-17-28(11-5-22(21)19-33)37-26-13-7-24(8-14-26)32(2,3)25-9-15-27(16-10-25)38-29-12-6-23(20-34)30(18-29)31(35)36-4;1-4-2-3/h5-20H,1-4H3;2H,1H3. The van der Waals surface area contributed by atoms with Gasteiger partial charge in [-0.2, -0.15) is 0 Å². The second kappa shape index (κ2) is 14.4. The van der Waals surface area contributed by atoms with Crippen molar-refractivity contribution >= 4 is 25.0 Å². The number of ether oxygens (including phenoxy) is 4. The Bertz CT molecular complexity index is 1540. The number of methoxy groups -OCH3 is 2. The molecular formula is C34H32O8. The van der Waals surface area contributed by atoms with Crippen molar-refractivity contribution in [3.05, 3.63) is 118 Å². The van der Waals surface area contributed by atoms with Crippen LogP contribution >= 0.6 is 0 Å². The Labute approximate surface area is 244 Å². The van der Waals surface area contributed by atoms with E-state index < -0.39 is 5.97 Å². The Hall–Kier alpha value is -5.24. The summed E-state index contributed by atoms with van der Waals surface area (Å²) in [6.45, 7) is 6.53. The molecule has 216 valence electrons. The van der Waals surface area contributed by atoms with Crippen molar-refractivity contribution in [3.63, 3.8) is 0 Å². The van der Waals surface area contributed by atoms with E-state index in [-0.39, 0.29) is 16.5 Å². The van der Waals surface area contributed by atoms with Crippen LogP contribution in [-0.2, 0) is 19.7 Å². The lowest BCUT2D eigenvalue weighted by atomic mass is 9.78. The Kier molecular flexibility index (Phi) is 10.7. The van der Waals surface area contributed by atoms with Crippen LogP contribution in [0, 0.1) is 6.92 Å². The first-order valence-electron chi connectivity index (χ1n) is 12.9. The van der Waals surface area contributed by atoms with Crippen molar-refractivity contribution in [1.29, 1.82) is 0 Å². The minimum Gasteiger partial charge on any atom is -0.471 e. The van der Waals surface area contributed by atoms with Gasteiger partial charge in [-0.05, 0) is 84.3 Å². The Balaban J connectivity index is 0.00000114. The van der Waals surface area contributed by atoms with Gasteiger partial charge in [0.05, 0.1) is 19.8 Å². The first-order chi connectivity index (χ1) is 20.2. The van der Waals surface area contributed by atoms with Crippen LogP contribution in [0.5, 0.6) is 23.0 Å². The molecule has 0 aliphatic heterocycles. The molecule has 0 spiro atoms. The average molecular weight is 569 g/mol. The maximum atomic E-state index is 12.0. The van der Waals surface area contributed by atoms with Crippen LogP contribution in [0.1, 0.15) is 61.6 Å². The van der Waals surface area contributed by atoms with Crippen molar-refractivity contribution < 1.29 is 38.1 Å². The molecule has 0 N–H and O–H groups in total. The number of benzene rings is 4. The molecule has 4 rings (SSSR count). The molecule has 4 aromatic carbocycles. The third kappa shape index (κ3) is 7.69. The van der Waals surface area contributed by atoms with Crippen molar-refractivity contribution in [2.75, 3.05) is 14.2 Å². The van der Waals surface area contributed by atoms with Crippen LogP contribution in [0.25, 0.3) is 0 Å². The van der Waals surface area contributed by atoms with Gasteiger partial charge in [0.2, 0.25) is 0 Å². The molecule has 0 radical (unpaired) electrons. The summed E-state index contributed by atoms with van der Waals surface area (Å²) in [7, 11) is 2.58. The zero-order valence-corrected chi connectivity index (χ0v) is 24.1. The van der Waals surface area contributed by atoms with Crippen LogP contribution in [0.4, 0.5) is 0 Å². The third-order valence-electron chi connectivity index (χ3n) is 6.64. The third-order valence-corrected chi connectivity index (χ3v) is 6.64. The van der Waals surface area contributed by atoms with E-state index in [0.717, 1.165) is 23.0 Å². The zero-order valence-electron chi connectivity index (χ0n) is 24.1. The highest BCUT2D eigenvalue weighted by Crippen LogP contribution is 2.35. The quantitative estimate of drug-likeness (QED) is 0.147. The SMILES string of the molecule is COC(=O)c1cc(Oc2ccc(C(C)(C)c3ccc(Oc4ccc(C=O)c(C)c4)cc3)cc2)ccc1C=O.COC=O. The van der Waals surface area contributed by atoms with Gasteiger partial charge in [-0.3, -0.25) is 14.4 Å². The Morgan fingerprint density at radius 3 is 1.48 bits per heavy atom. The van der Waals surface area contributed by atoms with Gasteiger partial charge in [0.1, 0.15) is 29.3 Å². The fourth-order valence-corrected chi connectivity index (χ4v) is 4.15. The Morgan fingerprint density at radius 2 is 1.07 bits per heavy atom.